The average Bonchev–Trinajstić information content (AvgIpc) is 3.10. The molecule has 1 aliphatic rings. The standard InChI is InChI=1S/C20H24FN3O5S/c1-3-22(4-2)30(28,29)17-9-10-18(20(12-17)24(26)27)23-13-16(25)11-19(23)14-5-7-15(21)8-6-14/h5-10,12,16,19,25H,3-4,11,13H2,1-2H3/t16-,19+/m1/s1. The van der Waals surface area contributed by atoms with Gasteiger partial charge >= 0.3 is 0 Å². The molecule has 0 radical (unpaired) electrons. The van der Waals surface area contributed by atoms with Crippen molar-refractivity contribution in [2.45, 2.75) is 37.3 Å². The monoisotopic (exact) mass is 437 g/mol. The van der Waals surface area contributed by atoms with Gasteiger partial charge in [-0.3, -0.25) is 10.1 Å². The summed E-state index contributed by atoms with van der Waals surface area (Å²) in [6, 6.07) is 9.18. The van der Waals surface area contributed by atoms with Crippen LogP contribution in [0.3, 0.4) is 0 Å². The molecule has 2 aromatic rings. The molecule has 2 atom stereocenters. The third-order valence-corrected chi connectivity index (χ3v) is 7.38. The summed E-state index contributed by atoms with van der Waals surface area (Å²) in [6.45, 7) is 4.04. The Morgan fingerprint density at radius 2 is 1.83 bits per heavy atom. The van der Waals surface area contributed by atoms with Crippen LogP contribution >= 0.6 is 0 Å². The Hall–Kier alpha value is -2.56. The Labute approximate surface area is 174 Å². The zero-order chi connectivity index (χ0) is 22.1. The Balaban J connectivity index is 2.06. The summed E-state index contributed by atoms with van der Waals surface area (Å²) in [6.07, 6.45) is -0.402. The lowest BCUT2D eigenvalue weighted by Crippen LogP contribution is -2.31. The van der Waals surface area contributed by atoms with Gasteiger partial charge in [-0.05, 0) is 36.2 Å². The summed E-state index contributed by atoms with van der Waals surface area (Å²) in [4.78, 5) is 12.7. The zero-order valence-corrected chi connectivity index (χ0v) is 17.5. The van der Waals surface area contributed by atoms with Crippen molar-refractivity contribution in [3.05, 3.63) is 64.0 Å². The topological polar surface area (TPSA) is 104 Å². The SMILES string of the molecule is CCN(CC)S(=O)(=O)c1ccc(N2C[C@H](O)C[C@H]2c2ccc(F)cc2)c([N+](=O)[O-])c1. The van der Waals surface area contributed by atoms with Gasteiger partial charge in [0.25, 0.3) is 5.69 Å². The van der Waals surface area contributed by atoms with Crippen LogP contribution in [0, 0.1) is 15.9 Å². The summed E-state index contributed by atoms with van der Waals surface area (Å²) in [5.41, 5.74) is 0.566. The molecule has 10 heteroatoms. The number of sulfonamides is 1. The first kappa shape index (κ1) is 22.1. The maximum absolute atomic E-state index is 13.3. The van der Waals surface area contributed by atoms with Gasteiger partial charge < -0.3 is 10.0 Å². The van der Waals surface area contributed by atoms with E-state index in [2.05, 4.69) is 0 Å². The molecule has 1 heterocycles. The van der Waals surface area contributed by atoms with Gasteiger partial charge in [-0.25, -0.2) is 12.8 Å². The second kappa shape index (κ2) is 8.66. The van der Waals surface area contributed by atoms with Gasteiger partial charge in [0.2, 0.25) is 10.0 Å². The number of β-amino-alcohol motifs (C(OH)–C–C–N with tert-alkyl or cyclic N) is 1. The zero-order valence-electron chi connectivity index (χ0n) is 16.7. The van der Waals surface area contributed by atoms with E-state index in [1.165, 1.54) is 28.6 Å². The first-order chi connectivity index (χ1) is 14.2. The first-order valence-electron chi connectivity index (χ1n) is 9.67. The van der Waals surface area contributed by atoms with E-state index in [9.17, 15) is 28.0 Å². The molecule has 30 heavy (non-hydrogen) atoms. The largest absolute Gasteiger partial charge is 0.391 e. The molecule has 3 rings (SSSR count). The van der Waals surface area contributed by atoms with Gasteiger partial charge in [0.1, 0.15) is 11.5 Å². The van der Waals surface area contributed by atoms with Crippen LogP contribution in [0.5, 0.6) is 0 Å². The molecular weight excluding hydrogens is 413 g/mol. The van der Waals surface area contributed by atoms with E-state index in [0.717, 1.165) is 6.07 Å². The molecule has 0 aliphatic carbocycles. The molecule has 0 unspecified atom stereocenters. The molecule has 2 aromatic carbocycles. The molecule has 162 valence electrons. The lowest BCUT2D eigenvalue weighted by Gasteiger charge is -2.27. The number of nitro groups is 1. The second-order valence-electron chi connectivity index (χ2n) is 7.11. The minimum Gasteiger partial charge on any atom is -0.391 e. The molecule has 0 spiro atoms. The van der Waals surface area contributed by atoms with Crippen molar-refractivity contribution >= 4 is 21.4 Å². The number of aliphatic hydroxyl groups excluding tert-OH is 1. The molecule has 1 N–H and O–H groups in total. The van der Waals surface area contributed by atoms with E-state index in [1.54, 1.807) is 30.9 Å². The molecule has 1 fully saturated rings. The van der Waals surface area contributed by atoms with Gasteiger partial charge in [-0.15, -0.1) is 0 Å². The van der Waals surface area contributed by atoms with Crippen LogP contribution in [0.15, 0.2) is 47.4 Å². The Bertz CT molecular complexity index is 1030. The number of halogens is 1. The highest BCUT2D eigenvalue weighted by Gasteiger charge is 2.36. The van der Waals surface area contributed by atoms with Crippen molar-refractivity contribution < 1.29 is 22.8 Å². The van der Waals surface area contributed by atoms with Crippen LogP contribution < -0.4 is 4.90 Å². The molecule has 0 bridgehead atoms. The average molecular weight is 437 g/mol. The number of nitrogens with zero attached hydrogens (tertiary/aromatic N) is 3. The number of hydrogen-bond donors (Lipinski definition) is 1. The van der Waals surface area contributed by atoms with E-state index in [0.29, 0.717) is 12.0 Å². The maximum atomic E-state index is 13.3. The smallest absolute Gasteiger partial charge is 0.293 e. The third kappa shape index (κ3) is 4.16. The third-order valence-electron chi connectivity index (χ3n) is 5.33. The van der Waals surface area contributed by atoms with Crippen LogP contribution in [-0.2, 0) is 10.0 Å². The highest BCUT2D eigenvalue weighted by atomic mass is 32.2. The van der Waals surface area contributed by atoms with E-state index in [-0.39, 0.29) is 35.9 Å². The Kier molecular flexibility index (Phi) is 6.39. The number of hydrogen-bond acceptors (Lipinski definition) is 6. The minimum absolute atomic E-state index is 0.144. The van der Waals surface area contributed by atoms with E-state index < -0.39 is 32.9 Å². The number of aliphatic hydroxyl groups is 1. The van der Waals surface area contributed by atoms with Crippen LogP contribution in [0.25, 0.3) is 0 Å². The summed E-state index contributed by atoms with van der Waals surface area (Å²) in [5, 5.41) is 22.0. The van der Waals surface area contributed by atoms with Crippen molar-refractivity contribution in [1.82, 2.24) is 4.31 Å². The highest BCUT2D eigenvalue weighted by Crippen LogP contribution is 2.41. The van der Waals surface area contributed by atoms with Crippen molar-refractivity contribution in [2.24, 2.45) is 0 Å². The van der Waals surface area contributed by atoms with Gasteiger partial charge in [-0.2, -0.15) is 4.31 Å². The highest BCUT2D eigenvalue weighted by molar-refractivity contribution is 7.89. The minimum atomic E-state index is -3.86. The lowest BCUT2D eigenvalue weighted by molar-refractivity contribution is -0.384. The van der Waals surface area contributed by atoms with Crippen molar-refractivity contribution in [2.75, 3.05) is 24.5 Å². The van der Waals surface area contributed by atoms with Crippen molar-refractivity contribution in [3.63, 3.8) is 0 Å². The van der Waals surface area contributed by atoms with Crippen LogP contribution in [0.1, 0.15) is 31.9 Å². The molecule has 8 nitrogen and oxygen atoms in total. The van der Waals surface area contributed by atoms with Crippen LogP contribution in [0.2, 0.25) is 0 Å². The summed E-state index contributed by atoms with van der Waals surface area (Å²) < 4.78 is 40.1. The van der Waals surface area contributed by atoms with E-state index in [1.807, 2.05) is 0 Å². The predicted molar refractivity (Wildman–Crippen MR) is 110 cm³/mol. The van der Waals surface area contributed by atoms with E-state index in [4.69, 9.17) is 0 Å². The van der Waals surface area contributed by atoms with Gasteiger partial charge in [0.15, 0.2) is 0 Å². The summed E-state index contributed by atoms with van der Waals surface area (Å²) in [5.74, 6) is -0.402. The van der Waals surface area contributed by atoms with Crippen molar-refractivity contribution in [1.29, 1.82) is 0 Å². The normalized spacial score (nSPS) is 19.4. The maximum Gasteiger partial charge on any atom is 0.293 e. The molecule has 0 aromatic heterocycles. The fourth-order valence-electron chi connectivity index (χ4n) is 3.85. The fraction of sp³-hybridized carbons (Fsp3) is 0.400. The van der Waals surface area contributed by atoms with E-state index >= 15 is 0 Å². The quantitative estimate of drug-likeness (QED) is 0.527. The van der Waals surface area contributed by atoms with Crippen molar-refractivity contribution in [3.8, 4) is 0 Å². The Morgan fingerprint density at radius 1 is 1.20 bits per heavy atom. The molecule has 1 saturated heterocycles. The van der Waals surface area contributed by atoms with Gasteiger partial charge in [-0.1, -0.05) is 26.0 Å². The number of anilines is 1. The van der Waals surface area contributed by atoms with Gasteiger partial charge in [0.05, 0.1) is 22.0 Å². The second-order valence-corrected chi connectivity index (χ2v) is 9.04. The summed E-state index contributed by atoms with van der Waals surface area (Å²) in [7, 11) is -3.86. The molecular formula is C20H24FN3O5S. The van der Waals surface area contributed by atoms with Crippen LogP contribution in [-0.4, -0.2) is 48.5 Å². The number of rotatable bonds is 7. The number of nitro benzene ring substituents is 1. The molecule has 1 aliphatic heterocycles. The molecule has 0 saturated carbocycles. The Morgan fingerprint density at radius 3 is 2.40 bits per heavy atom. The summed E-state index contributed by atoms with van der Waals surface area (Å²) >= 11 is 0. The lowest BCUT2D eigenvalue weighted by atomic mass is 10.0. The number of benzene rings is 2. The predicted octanol–water partition coefficient (Wildman–Crippen LogP) is 3.08. The fourth-order valence-corrected chi connectivity index (χ4v) is 5.32. The van der Waals surface area contributed by atoms with Gasteiger partial charge in [0, 0.05) is 25.7 Å². The molecule has 0 amide bonds. The van der Waals surface area contributed by atoms with Crippen LogP contribution in [0.4, 0.5) is 15.8 Å². The first-order valence-corrected chi connectivity index (χ1v) is 11.1.